The summed E-state index contributed by atoms with van der Waals surface area (Å²) in [5.74, 6) is -1.04. The Kier molecular flexibility index (Phi) is 5.08. The Morgan fingerprint density at radius 3 is 2.76 bits per heavy atom. The molecule has 1 aliphatic heterocycles. The van der Waals surface area contributed by atoms with Gasteiger partial charge in [0, 0.05) is 24.3 Å². The van der Waals surface area contributed by atoms with E-state index in [2.05, 4.69) is 28.7 Å². The first-order valence-electron chi connectivity index (χ1n) is 8.52. The largest absolute Gasteiger partial charge is 0.478 e. The molecule has 0 unspecified atom stereocenters. The van der Waals surface area contributed by atoms with E-state index in [4.69, 9.17) is 0 Å². The minimum absolute atomic E-state index is 0.0202. The summed E-state index contributed by atoms with van der Waals surface area (Å²) < 4.78 is 13.5. The molecule has 0 spiro atoms. The van der Waals surface area contributed by atoms with Gasteiger partial charge in [-0.05, 0) is 57.4 Å². The van der Waals surface area contributed by atoms with Crippen LogP contribution in [-0.2, 0) is 6.42 Å². The average Bonchev–Trinajstić information content (AvgIpc) is 3.04. The van der Waals surface area contributed by atoms with Crippen LogP contribution in [-0.4, -0.2) is 45.1 Å². The molecular formula is C19H22FN3O2. The number of hydrogen-bond donors (Lipinski definition) is 1. The molecule has 1 saturated heterocycles. The summed E-state index contributed by atoms with van der Waals surface area (Å²) in [5.41, 5.74) is 1.52. The van der Waals surface area contributed by atoms with Crippen molar-refractivity contribution in [2.45, 2.75) is 32.7 Å². The third-order valence-corrected chi connectivity index (χ3v) is 4.74. The van der Waals surface area contributed by atoms with Crippen LogP contribution in [0.3, 0.4) is 0 Å². The number of aromatic nitrogens is 2. The molecule has 1 aliphatic rings. The quantitative estimate of drug-likeness (QED) is 0.903. The maximum atomic E-state index is 13.5. The van der Waals surface area contributed by atoms with Gasteiger partial charge in [-0.2, -0.15) is 0 Å². The van der Waals surface area contributed by atoms with E-state index >= 15 is 0 Å². The Morgan fingerprint density at radius 2 is 2.16 bits per heavy atom. The molecule has 132 valence electrons. The predicted molar refractivity (Wildman–Crippen MR) is 92.9 cm³/mol. The number of likely N-dealkylation sites (tertiary alicyclic amines) is 1. The van der Waals surface area contributed by atoms with Gasteiger partial charge in [0.1, 0.15) is 5.82 Å². The van der Waals surface area contributed by atoms with Crippen molar-refractivity contribution in [1.82, 2.24) is 14.9 Å². The van der Waals surface area contributed by atoms with Gasteiger partial charge in [-0.15, -0.1) is 0 Å². The zero-order valence-corrected chi connectivity index (χ0v) is 14.4. The van der Waals surface area contributed by atoms with Crippen LogP contribution in [0.5, 0.6) is 0 Å². The Bertz CT molecular complexity index is 762. The van der Waals surface area contributed by atoms with E-state index in [0.29, 0.717) is 17.7 Å². The SMILES string of the molecule is CC(C)N1CC[C@@H](Cc2cnc(-c3cc(F)ccc3C(=O)O)cn2)C1. The second-order valence-electron chi connectivity index (χ2n) is 6.84. The molecule has 1 N–H and O–H groups in total. The van der Waals surface area contributed by atoms with E-state index in [1.165, 1.54) is 18.3 Å². The Hall–Kier alpha value is -2.34. The number of benzene rings is 1. The van der Waals surface area contributed by atoms with Gasteiger partial charge in [0.25, 0.3) is 0 Å². The molecular weight excluding hydrogens is 321 g/mol. The Labute approximate surface area is 146 Å². The molecule has 6 heteroatoms. The van der Waals surface area contributed by atoms with E-state index < -0.39 is 11.8 Å². The highest BCUT2D eigenvalue weighted by Crippen LogP contribution is 2.24. The van der Waals surface area contributed by atoms with Gasteiger partial charge in [0.15, 0.2) is 0 Å². The lowest BCUT2D eigenvalue weighted by atomic mass is 10.0. The minimum Gasteiger partial charge on any atom is -0.478 e. The molecule has 25 heavy (non-hydrogen) atoms. The summed E-state index contributed by atoms with van der Waals surface area (Å²) in [6.45, 7) is 6.58. The number of nitrogens with zero attached hydrogens (tertiary/aromatic N) is 3. The first kappa shape index (κ1) is 17.5. The van der Waals surface area contributed by atoms with Crippen molar-refractivity contribution in [1.29, 1.82) is 0 Å². The summed E-state index contributed by atoms with van der Waals surface area (Å²) in [6.07, 6.45) is 5.20. The number of rotatable bonds is 5. The normalized spacial score (nSPS) is 18.0. The van der Waals surface area contributed by atoms with Gasteiger partial charge < -0.3 is 10.0 Å². The van der Waals surface area contributed by atoms with E-state index in [0.717, 1.165) is 37.7 Å². The molecule has 1 atom stereocenters. The average molecular weight is 343 g/mol. The smallest absolute Gasteiger partial charge is 0.336 e. The van der Waals surface area contributed by atoms with Crippen LogP contribution in [0.4, 0.5) is 4.39 Å². The van der Waals surface area contributed by atoms with Gasteiger partial charge in [0.05, 0.1) is 23.1 Å². The maximum absolute atomic E-state index is 13.5. The lowest BCUT2D eigenvalue weighted by Gasteiger charge is -2.20. The summed E-state index contributed by atoms with van der Waals surface area (Å²) in [6, 6.07) is 4.13. The first-order chi connectivity index (χ1) is 11.9. The van der Waals surface area contributed by atoms with Gasteiger partial charge >= 0.3 is 5.97 Å². The maximum Gasteiger partial charge on any atom is 0.336 e. The molecule has 0 saturated carbocycles. The van der Waals surface area contributed by atoms with Crippen molar-refractivity contribution in [3.63, 3.8) is 0 Å². The molecule has 2 heterocycles. The second-order valence-corrected chi connectivity index (χ2v) is 6.84. The highest BCUT2D eigenvalue weighted by molar-refractivity contribution is 5.95. The second kappa shape index (κ2) is 7.27. The van der Waals surface area contributed by atoms with Gasteiger partial charge in [-0.1, -0.05) is 0 Å². The third-order valence-electron chi connectivity index (χ3n) is 4.74. The fourth-order valence-corrected chi connectivity index (χ4v) is 3.31. The summed E-state index contributed by atoms with van der Waals surface area (Å²) in [5, 5.41) is 9.26. The fourth-order valence-electron chi connectivity index (χ4n) is 3.31. The zero-order valence-electron chi connectivity index (χ0n) is 14.4. The van der Waals surface area contributed by atoms with E-state index in [9.17, 15) is 14.3 Å². The lowest BCUT2D eigenvalue weighted by Crippen LogP contribution is -2.28. The van der Waals surface area contributed by atoms with Crippen LogP contribution in [0.15, 0.2) is 30.6 Å². The number of aromatic carboxylic acids is 1. The number of hydrogen-bond acceptors (Lipinski definition) is 4. The molecule has 1 aromatic carbocycles. The van der Waals surface area contributed by atoms with Gasteiger partial charge in [-0.25, -0.2) is 9.18 Å². The van der Waals surface area contributed by atoms with Crippen molar-refractivity contribution in [2.75, 3.05) is 13.1 Å². The molecule has 2 aromatic rings. The van der Waals surface area contributed by atoms with Crippen molar-refractivity contribution < 1.29 is 14.3 Å². The van der Waals surface area contributed by atoms with Crippen LogP contribution in [0, 0.1) is 11.7 Å². The van der Waals surface area contributed by atoms with Crippen molar-refractivity contribution in [3.8, 4) is 11.3 Å². The molecule has 0 amide bonds. The minimum atomic E-state index is -1.11. The topological polar surface area (TPSA) is 66.3 Å². The monoisotopic (exact) mass is 343 g/mol. The Morgan fingerprint density at radius 1 is 1.36 bits per heavy atom. The molecule has 1 fully saturated rings. The first-order valence-corrected chi connectivity index (χ1v) is 8.52. The zero-order chi connectivity index (χ0) is 18.0. The van der Waals surface area contributed by atoms with Gasteiger partial charge in [0.2, 0.25) is 0 Å². The molecule has 0 bridgehead atoms. The fraction of sp³-hybridized carbons (Fsp3) is 0.421. The number of carbonyl (C=O) groups is 1. The highest BCUT2D eigenvalue weighted by Gasteiger charge is 2.24. The van der Waals surface area contributed by atoms with Crippen molar-refractivity contribution in [2.24, 2.45) is 5.92 Å². The molecule has 0 aliphatic carbocycles. The van der Waals surface area contributed by atoms with Crippen LogP contribution in [0.25, 0.3) is 11.3 Å². The van der Waals surface area contributed by atoms with Crippen molar-refractivity contribution in [3.05, 3.63) is 47.7 Å². The third kappa shape index (κ3) is 4.02. The van der Waals surface area contributed by atoms with E-state index in [1.54, 1.807) is 6.20 Å². The number of halogens is 1. The molecule has 5 nitrogen and oxygen atoms in total. The van der Waals surface area contributed by atoms with Crippen LogP contribution < -0.4 is 0 Å². The number of carboxylic acids is 1. The van der Waals surface area contributed by atoms with Crippen molar-refractivity contribution >= 4 is 5.97 Å². The number of carboxylic acid groups (broad SMARTS) is 1. The summed E-state index contributed by atoms with van der Waals surface area (Å²) in [4.78, 5) is 22.5. The predicted octanol–water partition coefficient (Wildman–Crippen LogP) is 3.25. The summed E-state index contributed by atoms with van der Waals surface area (Å²) in [7, 11) is 0. The van der Waals surface area contributed by atoms with Gasteiger partial charge in [-0.3, -0.25) is 9.97 Å². The highest BCUT2D eigenvalue weighted by atomic mass is 19.1. The molecule has 1 aromatic heterocycles. The van der Waals surface area contributed by atoms with Crippen LogP contribution >= 0.6 is 0 Å². The summed E-state index contributed by atoms with van der Waals surface area (Å²) >= 11 is 0. The molecule has 0 radical (unpaired) electrons. The Balaban J connectivity index is 1.75. The van der Waals surface area contributed by atoms with Crippen LogP contribution in [0.2, 0.25) is 0 Å². The van der Waals surface area contributed by atoms with Crippen LogP contribution in [0.1, 0.15) is 36.3 Å². The lowest BCUT2D eigenvalue weighted by molar-refractivity contribution is 0.0697. The standard InChI is InChI=1S/C19H22FN3O2/c1-12(2)23-6-5-13(11-23)7-15-9-22-18(10-21-15)17-8-14(20)3-4-16(17)19(24)25/h3-4,8-10,12-13H,5-7,11H2,1-2H3,(H,24,25)/t13-/m0/s1. The van der Waals surface area contributed by atoms with E-state index in [-0.39, 0.29) is 11.1 Å². The molecule has 3 rings (SSSR count). The van der Waals surface area contributed by atoms with E-state index in [1.807, 2.05) is 0 Å².